The van der Waals surface area contributed by atoms with E-state index < -0.39 is 10.0 Å². The first-order valence-corrected chi connectivity index (χ1v) is 9.46. The second kappa shape index (κ2) is 7.73. The number of nitrogens with zero attached hydrogens (tertiary/aromatic N) is 2. The normalized spacial score (nSPS) is 20.8. The van der Waals surface area contributed by atoms with Gasteiger partial charge < -0.3 is 5.32 Å². The summed E-state index contributed by atoms with van der Waals surface area (Å²) < 4.78 is 24.7. The lowest BCUT2D eigenvalue weighted by molar-refractivity contribution is 0.107. The molecule has 6 heteroatoms. The van der Waals surface area contributed by atoms with Crippen molar-refractivity contribution in [2.24, 2.45) is 11.8 Å². The Morgan fingerprint density at radius 1 is 1.00 bits per heavy atom. The van der Waals surface area contributed by atoms with Crippen molar-refractivity contribution in [3.05, 3.63) is 0 Å². The molecule has 1 rings (SSSR count). The molecule has 1 aliphatic heterocycles. The van der Waals surface area contributed by atoms with Crippen LogP contribution in [0, 0.1) is 11.8 Å². The van der Waals surface area contributed by atoms with E-state index >= 15 is 0 Å². The first kappa shape index (κ1) is 17.9. The van der Waals surface area contributed by atoms with Crippen LogP contribution in [0.4, 0.5) is 0 Å². The largest absolute Gasteiger partial charge is 0.315 e. The molecule has 1 saturated heterocycles. The molecule has 0 amide bonds. The van der Waals surface area contributed by atoms with E-state index in [9.17, 15) is 8.42 Å². The standard InChI is InChI=1S/C14H31N3O2S/c1-12(2)10-15-11-14(13(3)4)16-6-8-17(9-7-16)20(5,18)19/h12-15H,6-11H2,1-5H3. The van der Waals surface area contributed by atoms with Gasteiger partial charge >= 0.3 is 0 Å². The van der Waals surface area contributed by atoms with Crippen molar-refractivity contribution < 1.29 is 8.42 Å². The van der Waals surface area contributed by atoms with Crippen LogP contribution in [0.5, 0.6) is 0 Å². The fourth-order valence-corrected chi connectivity index (χ4v) is 3.50. The molecule has 1 aliphatic rings. The van der Waals surface area contributed by atoms with Crippen LogP contribution in [0.2, 0.25) is 0 Å². The van der Waals surface area contributed by atoms with E-state index in [1.807, 2.05) is 0 Å². The predicted molar refractivity (Wildman–Crippen MR) is 84.3 cm³/mol. The summed E-state index contributed by atoms with van der Waals surface area (Å²) in [4.78, 5) is 2.43. The van der Waals surface area contributed by atoms with Crippen molar-refractivity contribution in [1.82, 2.24) is 14.5 Å². The molecule has 1 fully saturated rings. The number of rotatable bonds is 7. The molecule has 1 N–H and O–H groups in total. The van der Waals surface area contributed by atoms with Gasteiger partial charge in [-0.15, -0.1) is 0 Å². The number of hydrogen-bond acceptors (Lipinski definition) is 4. The highest BCUT2D eigenvalue weighted by Gasteiger charge is 2.28. The average molecular weight is 305 g/mol. The maximum Gasteiger partial charge on any atom is 0.211 e. The van der Waals surface area contributed by atoms with Crippen molar-refractivity contribution in [1.29, 1.82) is 0 Å². The highest BCUT2D eigenvalue weighted by Crippen LogP contribution is 2.14. The van der Waals surface area contributed by atoms with E-state index in [0.717, 1.165) is 26.2 Å². The van der Waals surface area contributed by atoms with Gasteiger partial charge in [-0.1, -0.05) is 27.7 Å². The molecule has 0 bridgehead atoms. The van der Waals surface area contributed by atoms with E-state index in [-0.39, 0.29) is 0 Å². The Bertz CT molecular complexity index is 374. The molecule has 20 heavy (non-hydrogen) atoms. The monoisotopic (exact) mass is 305 g/mol. The third-order valence-electron chi connectivity index (χ3n) is 3.89. The topological polar surface area (TPSA) is 52.6 Å². The smallest absolute Gasteiger partial charge is 0.211 e. The number of piperazine rings is 1. The Kier molecular flexibility index (Phi) is 6.91. The van der Waals surface area contributed by atoms with Crippen molar-refractivity contribution >= 4 is 10.0 Å². The van der Waals surface area contributed by atoms with Crippen LogP contribution in [0.1, 0.15) is 27.7 Å². The van der Waals surface area contributed by atoms with Crippen molar-refractivity contribution in [2.45, 2.75) is 33.7 Å². The zero-order valence-electron chi connectivity index (χ0n) is 13.6. The summed E-state index contributed by atoms with van der Waals surface area (Å²) in [7, 11) is -3.03. The highest BCUT2D eigenvalue weighted by atomic mass is 32.2. The molecule has 1 heterocycles. The third kappa shape index (κ3) is 5.68. The average Bonchev–Trinajstić information content (AvgIpc) is 2.33. The quantitative estimate of drug-likeness (QED) is 0.757. The van der Waals surface area contributed by atoms with Gasteiger partial charge in [-0.3, -0.25) is 4.90 Å². The molecule has 0 radical (unpaired) electrons. The summed E-state index contributed by atoms with van der Waals surface area (Å²) in [5, 5.41) is 3.53. The number of nitrogens with one attached hydrogen (secondary N) is 1. The first-order valence-electron chi connectivity index (χ1n) is 7.61. The van der Waals surface area contributed by atoms with Gasteiger partial charge in [0.15, 0.2) is 0 Å². The summed E-state index contributed by atoms with van der Waals surface area (Å²) in [6.07, 6.45) is 1.30. The molecule has 120 valence electrons. The van der Waals surface area contributed by atoms with Crippen molar-refractivity contribution in [3.63, 3.8) is 0 Å². The second-order valence-corrected chi connectivity index (χ2v) is 8.54. The lowest BCUT2D eigenvalue weighted by atomic mass is 10.0. The Morgan fingerprint density at radius 2 is 1.55 bits per heavy atom. The van der Waals surface area contributed by atoms with Gasteiger partial charge in [0.2, 0.25) is 10.0 Å². The molecule has 1 unspecified atom stereocenters. The summed E-state index contributed by atoms with van der Waals surface area (Å²) in [5.41, 5.74) is 0. The van der Waals surface area contributed by atoms with Gasteiger partial charge in [0, 0.05) is 38.8 Å². The maximum absolute atomic E-state index is 11.5. The fourth-order valence-electron chi connectivity index (χ4n) is 2.67. The Morgan fingerprint density at radius 3 is 1.95 bits per heavy atom. The highest BCUT2D eigenvalue weighted by molar-refractivity contribution is 7.88. The Hall–Kier alpha value is -0.170. The number of sulfonamides is 1. The van der Waals surface area contributed by atoms with Gasteiger partial charge in [-0.05, 0) is 18.4 Å². The predicted octanol–water partition coefficient (Wildman–Crippen LogP) is 0.834. The maximum atomic E-state index is 11.5. The van der Waals surface area contributed by atoms with Gasteiger partial charge in [-0.2, -0.15) is 4.31 Å². The summed E-state index contributed by atoms with van der Waals surface area (Å²) >= 11 is 0. The van der Waals surface area contributed by atoms with Crippen LogP contribution in [-0.4, -0.2) is 69.2 Å². The molecule has 0 aromatic heterocycles. The minimum atomic E-state index is -3.03. The third-order valence-corrected chi connectivity index (χ3v) is 5.19. The molecule has 0 spiro atoms. The molecule has 0 saturated carbocycles. The molecular formula is C14H31N3O2S. The van der Waals surface area contributed by atoms with Gasteiger partial charge in [0.25, 0.3) is 0 Å². The Labute approximate surface area is 124 Å². The lowest BCUT2D eigenvalue weighted by Gasteiger charge is -2.40. The molecule has 1 atom stereocenters. The summed E-state index contributed by atoms with van der Waals surface area (Å²) in [5.74, 6) is 1.23. The van der Waals surface area contributed by atoms with Crippen molar-refractivity contribution in [2.75, 3.05) is 45.5 Å². The lowest BCUT2D eigenvalue weighted by Crippen LogP contribution is -2.55. The fraction of sp³-hybridized carbons (Fsp3) is 1.00. The molecule has 0 aromatic rings. The molecular weight excluding hydrogens is 274 g/mol. The molecule has 0 aromatic carbocycles. The minimum absolute atomic E-state index is 0.482. The van der Waals surface area contributed by atoms with Gasteiger partial charge in [-0.25, -0.2) is 8.42 Å². The van der Waals surface area contributed by atoms with Crippen LogP contribution >= 0.6 is 0 Å². The second-order valence-electron chi connectivity index (χ2n) is 6.56. The zero-order valence-corrected chi connectivity index (χ0v) is 14.4. The van der Waals surface area contributed by atoms with E-state index in [2.05, 4.69) is 37.9 Å². The van der Waals surface area contributed by atoms with Crippen LogP contribution in [-0.2, 0) is 10.0 Å². The SMILES string of the molecule is CC(C)CNCC(C(C)C)N1CCN(S(C)(=O)=O)CC1. The van der Waals surface area contributed by atoms with E-state index in [4.69, 9.17) is 0 Å². The summed E-state index contributed by atoms with van der Waals surface area (Å²) in [6, 6.07) is 0.482. The number of hydrogen-bond donors (Lipinski definition) is 1. The zero-order chi connectivity index (χ0) is 15.3. The minimum Gasteiger partial charge on any atom is -0.315 e. The van der Waals surface area contributed by atoms with Crippen LogP contribution in [0.25, 0.3) is 0 Å². The first-order chi connectivity index (χ1) is 9.21. The van der Waals surface area contributed by atoms with Crippen LogP contribution < -0.4 is 5.32 Å². The van der Waals surface area contributed by atoms with E-state index in [1.165, 1.54) is 6.26 Å². The molecule has 0 aliphatic carbocycles. The van der Waals surface area contributed by atoms with E-state index in [1.54, 1.807) is 4.31 Å². The van der Waals surface area contributed by atoms with Crippen molar-refractivity contribution in [3.8, 4) is 0 Å². The van der Waals surface area contributed by atoms with Crippen LogP contribution in [0.3, 0.4) is 0 Å². The molecule has 5 nitrogen and oxygen atoms in total. The van der Waals surface area contributed by atoms with Gasteiger partial charge in [0.05, 0.1) is 6.26 Å². The summed E-state index contributed by atoms with van der Waals surface area (Å²) in [6.45, 7) is 13.8. The van der Waals surface area contributed by atoms with Crippen LogP contribution in [0.15, 0.2) is 0 Å². The van der Waals surface area contributed by atoms with E-state index in [0.29, 0.717) is 31.0 Å². The Balaban J connectivity index is 2.49. The van der Waals surface area contributed by atoms with Gasteiger partial charge in [0.1, 0.15) is 0 Å².